The van der Waals surface area contributed by atoms with Gasteiger partial charge in [-0.2, -0.15) is 0 Å². The zero-order valence-corrected chi connectivity index (χ0v) is 17.7. The number of hydrogen-bond donors (Lipinski definition) is 2. The molecule has 2 amide bonds. The summed E-state index contributed by atoms with van der Waals surface area (Å²) in [7, 11) is 1.73. The van der Waals surface area contributed by atoms with Crippen molar-refractivity contribution in [2.45, 2.75) is 56.8 Å². The van der Waals surface area contributed by atoms with Gasteiger partial charge in [-0.25, -0.2) is 0 Å². The van der Waals surface area contributed by atoms with Gasteiger partial charge in [0.1, 0.15) is 5.60 Å². The molecule has 1 aromatic rings. The minimum Gasteiger partial charge on any atom is -0.386 e. The summed E-state index contributed by atoms with van der Waals surface area (Å²) in [5, 5.41) is 10.7. The monoisotopic (exact) mass is 403 g/mol. The van der Waals surface area contributed by atoms with Crippen molar-refractivity contribution in [1.29, 1.82) is 0 Å². The molecule has 1 aromatic carbocycles. The predicted octanol–water partition coefficient (Wildman–Crippen LogP) is 1.18. The molecule has 2 atom stereocenters. The van der Waals surface area contributed by atoms with Crippen LogP contribution in [0.1, 0.15) is 49.0 Å². The van der Waals surface area contributed by atoms with Crippen LogP contribution < -0.4 is 5.73 Å². The average molecular weight is 404 g/mol. The third-order valence-electron chi connectivity index (χ3n) is 6.51. The van der Waals surface area contributed by atoms with E-state index in [1.54, 1.807) is 18.9 Å². The maximum atomic E-state index is 12.9. The van der Waals surface area contributed by atoms with E-state index in [1.807, 2.05) is 29.2 Å². The molecule has 7 heteroatoms. The summed E-state index contributed by atoms with van der Waals surface area (Å²) in [6, 6.07) is 7.35. The quantitative estimate of drug-likeness (QED) is 0.787. The molecular weight excluding hydrogens is 370 g/mol. The number of benzene rings is 1. The van der Waals surface area contributed by atoms with Gasteiger partial charge in [-0.1, -0.05) is 12.1 Å². The molecule has 0 bridgehead atoms. The highest BCUT2D eigenvalue weighted by atomic mass is 16.5. The molecule has 0 saturated carbocycles. The lowest BCUT2D eigenvalue weighted by Gasteiger charge is -2.52. The largest absolute Gasteiger partial charge is 0.386 e. The molecule has 2 heterocycles. The summed E-state index contributed by atoms with van der Waals surface area (Å²) in [6.07, 6.45) is 2.77. The van der Waals surface area contributed by atoms with Crippen molar-refractivity contribution in [2.75, 3.05) is 33.3 Å². The summed E-state index contributed by atoms with van der Waals surface area (Å²) in [5.41, 5.74) is 5.91. The van der Waals surface area contributed by atoms with Gasteiger partial charge in [0, 0.05) is 32.6 Å². The standard InChI is InChI=1S/C22H33N3O4/c1-16(26)24(3)19-14-22(29-15-21(19,2)28)9-12-25(13-10-22)20(27)18-6-4-17(5-7-18)8-11-23/h4-7,19,28H,8-15,23H2,1-3H3/t19-,21-/m0/s1. The second-order valence-corrected chi connectivity index (χ2v) is 8.71. The Kier molecular flexibility index (Phi) is 6.31. The fraction of sp³-hybridized carbons (Fsp3) is 0.636. The van der Waals surface area contributed by atoms with Crippen molar-refractivity contribution in [3.05, 3.63) is 35.4 Å². The van der Waals surface area contributed by atoms with Crippen molar-refractivity contribution in [3.8, 4) is 0 Å². The number of carbonyl (C=O) groups is 2. The average Bonchev–Trinajstić information content (AvgIpc) is 2.70. The number of carbonyl (C=O) groups excluding carboxylic acids is 2. The lowest BCUT2D eigenvalue weighted by atomic mass is 9.77. The van der Waals surface area contributed by atoms with Gasteiger partial charge in [0.05, 0.1) is 18.2 Å². The maximum absolute atomic E-state index is 12.9. The van der Waals surface area contributed by atoms with Crippen molar-refractivity contribution < 1.29 is 19.4 Å². The van der Waals surface area contributed by atoms with Crippen LogP contribution in [0.4, 0.5) is 0 Å². The first-order valence-electron chi connectivity index (χ1n) is 10.4. The van der Waals surface area contributed by atoms with Gasteiger partial charge in [-0.05, 0) is 56.8 Å². The Morgan fingerprint density at radius 1 is 1.28 bits per heavy atom. The second kappa shape index (κ2) is 8.42. The van der Waals surface area contributed by atoms with E-state index >= 15 is 0 Å². The Labute approximate surface area is 172 Å². The molecule has 160 valence electrons. The van der Waals surface area contributed by atoms with E-state index in [4.69, 9.17) is 10.5 Å². The molecule has 0 unspecified atom stereocenters. The molecule has 1 spiro atoms. The first kappa shape index (κ1) is 21.7. The van der Waals surface area contributed by atoms with Crippen LogP contribution in [0, 0.1) is 0 Å². The van der Waals surface area contributed by atoms with Crippen molar-refractivity contribution in [2.24, 2.45) is 5.73 Å². The van der Waals surface area contributed by atoms with Gasteiger partial charge in [0.15, 0.2) is 0 Å². The summed E-state index contributed by atoms with van der Waals surface area (Å²) in [4.78, 5) is 28.2. The third-order valence-corrected chi connectivity index (χ3v) is 6.51. The number of amides is 2. The Morgan fingerprint density at radius 3 is 2.45 bits per heavy atom. The summed E-state index contributed by atoms with van der Waals surface area (Å²) in [6.45, 7) is 5.21. The normalized spacial score (nSPS) is 26.4. The molecule has 0 aliphatic carbocycles. The maximum Gasteiger partial charge on any atom is 0.253 e. The second-order valence-electron chi connectivity index (χ2n) is 8.71. The van der Waals surface area contributed by atoms with Crippen molar-refractivity contribution in [1.82, 2.24) is 9.80 Å². The van der Waals surface area contributed by atoms with Crippen LogP contribution in [-0.2, 0) is 16.0 Å². The first-order valence-corrected chi connectivity index (χ1v) is 10.4. The minimum absolute atomic E-state index is 0.0272. The van der Waals surface area contributed by atoms with Gasteiger partial charge >= 0.3 is 0 Å². The van der Waals surface area contributed by atoms with Gasteiger partial charge < -0.3 is 25.4 Å². The van der Waals surface area contributed by atoms with Crippen LogP contribution in [0.5, 0.6) is 0 Å². The number of rotatable bonds is 4. The fourth-order valence-electron chi connectivity index (χ4n) is 4.43. The molecule has 0 aromatic heterocycles. The Morgan fingerprint density at radius 2 is 1.90 bits per heavy atom. The third kappa shape index (κ3) is 4.63. The van der Waals surface area contributed by atoms with Crippen molar-refractivity contribution >= 4 is 11.8 Å². The number of nitrogens with two attached hydrogens (primary N) is 1. The molecule has 2 saturated heterocycles. The molecule has 0 radical (unpaired) electrons. The van der Waals surface area contributed by atoms with E-state index in [0.29, 0.717) is 44.5 Å². The number of likely N-dealkylation sites (N-methyl/N-ethyl adjacent to an activating group) is 1. The highest BCUT2D eigenvalue weighted by molar-refractivity contribution is 5.94. The predicted molar refractivity (Wildman–Crippen MR) is 110 cm³/mol. The van der Waals surface area contributed by atoms with Crippen molar-refractivity contribution in [3.63, 3.8) is 0 Å². The lowest BCUT2D eigenvalue weighted by molar-refractivity contribution is -0.207. The minimum atomic E-state index is -1.08. The van der Waals surface area contributed by atoms with Gasteiger partial charge in [0.2, 0.25) is 5.91 Å². The molecule has 2 aliphatic rings. The number of ether oxygens (including phenoxy) is 1. The Balaban J connectivity index is 1.64. The molecule has 29 heavy (non-hydrogen) atoms. The topological polar surface area (TPSA) is 96.1 Å². The van der Waals surface area contributed by atoms with Crippen LogP contribution in [0.15, 0.2) is 24.3 Å². The summed E-state index contributed by atoms with van der Waals surface area (Å²) in [5.74, 6) is -0.0441. The molecule has 2 fully saturated rings. The van der Waals surface area contributed by atoms with Crippen LogP contribution in [-0.4, -0.2) is 77.3 Å². The van der Waals surface area contributed by atoms with Crippen LogP contribution in [0.3, 0.4) is 0 Å². The highest BCUT2D eigenvalue weighted by Gasteiger charge is 2.50. The smallest absolute Gasteiger partial charge is 0.253 e. The van der Waals surface area contributed by atoms with Gasteiger partial charge in [-0.3, -0.25) is 9.59 Å². The Hall–Kier alpha value is -1.96. The van der Waals surface area contributed by atoms with Gasteiger partial charge in [0.25, 0.3) is 5.91 Å². The van der Waals surface area contributed by atoms with E-state index < -0.39 is 11.2 Å². The molecule has 7 nitrogen and oxygen atoms in total. The molecule has 2 aliphatic heterocycles. The van der Waals surface area contributed by atoms with E-state index in [0.717, 1.165) is 12.0 Å². The number of aliphatic hydroxyl groups is 1. The van der Waals surface area contributed by atoms with Crippen LogP contribution in [0.25, 0.3) is 0 Å². The number of nitrogens with zero attached hydrogens (tertiary/aromatic N) is 2. The van der Waals surface area contributed by atoms with Crippen LogP contribution in [0.2, 0.25) is 0 Å². The summed E-state index contributed by atoms with van der Waals surface area (Å²) < 4.78 is 6.12. The zero-order chi connectivity index (χ0) is 21.2. The number of likely N-dealkylation sites (tertiary alicyclic amines) is 1. The fourth-order valence-corrected chi connectivity index (χ4v) is 4.43. The van der Waals surface area contributed by atoms with Crippen LogP contribution >= 0.6 is 0 Å². The SMILES string of the molecule is CC(=O)N(C)[C@H]1CC2(CCN(C(=O)c3ccc(CCN)cc3)CC2)OC[C@]1(C)O. The summed E-state index contributed by atoms with van der Waals surface area (Å²) >= 11 is 0. The van der Waals surface area contributed by atoms with E-state index in [-0.39, 0.29) is 24.5 Å². The highest BCUT2D eigenvalue weighted by Crippen LogP contribution is 2.40. The Bertz CT molecular complexity index is 739. The zero-order valence-electron chi connectivity index (χ0n) is 17.7. The molecular formula is C22H33N3O4. The molecule has 3 rings (SSSR count). The first-order chi connectivity index (χ1) is 13.7. The number of piperidine rings is 1. The molecule has 3 N–H and O–H groups in total. The lowest BCUT2D eigenvalue weighted by Crippen LogP contribution is -2.64. The van der Waals surface area contributed by atoms with Gasteiger partial charge in [-0.15, -0.1) is 0 Å². The van der Waals surface area contributed by atoms with E-state index in [2.05, 4.69) is 0 Å². The number of hydrogen-bond acceptors (Lipinski definition) is 5. The van der Waals surface area contributed by atoms with E-state index in [1.165, 1.54) is 6.92 Å². The van der Waals surface area contributed by atoms with E-state index in [9.17, 15) is 14.7 Å².